The van der Waals surface area contributed by atoms with Gasteiger partial charge in [0.1, 0.15) is 5.82 Å². The van der Waals surface area contributed by atoms with Crippen LogP contribution in [0.1, 0.15) is 153 Å². The van der Waals surface area contributed by atoms with Crippen molar-refractivity contribution in [2.24, 2.45) is 0 Å². The number of aryl methyl sites for hydroxylation is 4. The van der Waals surface area contributed by atoms with Crippen molar-refractivity contribution < 1.29 is 0 Å². The molecule has 0 N–H and O–H groups in total. The molecule has 0 bridgehead atoms. The van der Waals surface area contributed by atoms with Crippen LogP contribution in [0.3, 0.4) is 0 Å². The molecule has 36 heavy (non-hydrogen) atoms. The maximum absolute atomic E-state index is 5.13. The number of rotatable bonds is 24. The van der Waals surface area contributed by atoms with E-state index in [1.807, 2.05) is 0 Å². The molecule has 0 saturated carbocycles. The lowest BCUT2D eigenvalue weighted by Crippen LogP contribution is -2.03. The summed E-state index contributed by atoms with van der Waals surface area (Å²) in [6.07, 6.45) is 32.1. The zero-order valence-electron chi connectivity index (χ0n) is 24.1. The minimum Gasteiger partial charge on any atom is -0.335 e. The van der Waals surface area contributed by atoms with E-state index in [2.05, 4.69) is 54.9 Å². The molecule has 0 aliphatic rings. The fourth-order valence-electron chi connectivity index (χ4n) is 5.33. The SMILES string of the molecule is CCCCCCCCCCCc1nc(CCCc2ccccc2)cn1CCCCCCCCCCC. The molecule has 2 rings (SSSR count). The number of unbranched alkanes of at least 4 members (excludes halogenated alkanes) is 16. The highest BCUT2D eigenvalue weighted by Gasteiger charge is 2.08. The number of imidazole rings is 1. The summed E-state index contributed by atoms with van der Waals surface area (Å²) in [4.78, 5) is 5.13. The van der Waals surface area contributed by atoms with Crippen molar-refractivity contribution in [3.8, 4) is 0 Å². The zero-order chi connectivity index (χ0) is 25.5. The summed E-state index contributed by atoms with van der Waals surface area (Å²) in [5.74, 6) is 1.35. The van der Waals surface area contributed by atoms with Crippen LogP contribution in [-0.2, 0) is 25.8 Å². The quantitative estimate of drug-likeness (QED) is 0.133. The Bertz CT molecular complexity index is 693. The van der Waals surface area contributed by atoms with E-state index in [1.54, 1.807) is 0 Å². The molecule has 2 heteroatoms. The van der Waals surface area contributed by atoms with E-state index in [4.69, 9.17) is 4.98 Å². The molecule has 0 aliphatic carbocycles. The van der Waals surface area contributed by atoms with Gasteiger partial charge in [0.15, 0.2) is 0 Å². The number of hydrogen-bond acceptors (Lipinski definition) is 1. The van der Waals surface area contributed by atoms with E-state index in [0.29, 0.717) is 0 Å². The van der Waals surface area contributed by atoms with Crippen LogP contribution in [-0.4, -0.2) is 9.55 Å². The highest BCUT2D eigenvalue weighted by Crippen LogP contribution is 2.16. The molecule has 0 saturated heterocycles. The normalized spacial score (nSPS) is 11.4. The Hall–Kier alpha value is -1.57. The molecule has 0 spiro atoms. The first-order valence-electron chi connectivity index (χ1n) is 15.9. The number of benzene rings is 1. The van der Waals surface area contributed by atoms with Crippen molar-refractivity contribution in [2.75, 3.05) is 0 Å². The molecule has 0 atom stereocenters. The molecule has 2 aromatic rings. The summed E-state index contributed by atoms with van der Waals surface area (Å²) in [5, 5.41) is 0. The second-order valence-electron chi connectivity index (χ2n) is 11.1. The molecule has 0 amide bonds. The molecule has 0 radical (unpaired) electrons. The topological polar surface area (TPSA) is 17.8 Å². The van der Waals surface area contributed by atoms with Crippen LogP contribution in [0, 0.1) is 0 Å². The van der Waals surface area contributed by atoms with Gasteiger partial charge in [-0.2, -0.15) is 0 Å². The van der Waals surface area contributed by atoms with Crippen molar-refractivity contribution in [1.82, 2.24) is 9.55 Å². The van der Waals surface area contributed by atoms with E-state index >= 15 is 0 Å². The van der Waals surface area contributed by atoms with Crippen LogP contribution >= 0.6 is 0 Å². The lowest BCUT2D eigenvalue weighted by atomic mass is 10.1. The maximum Gasteiger partial charge on any atom is 0.108 e. The van der Waals surface area contributed by atoms with Crippen LogP contribution < -0.4 is 0 Å². The second-order valence-corrected chi connectivity index (χ2v) is 11.1. The van der Waals surface area contributed by atoms with Crippen molar-refractivity contribution >= 4 is 0 Å². The number of nitrogens with zero attached hydrogens (tertiary/aromatic N) is 2. The first-order valence-corrected chi connectivity index (χ1v) is 15.9. The fourth-order valence-corrected chi connectivity index (χ4v) is 5.33. The molecule has 1 aromatic heterocycles. The first-order chi connectivity index (χ1) is 17.8. The molecule has 0 aliphatic heterocycles. The van der Waals surface area contributed by atoms with Crippen LogP contribution in [0.15, 0.2) is 36.5 Å². The van der Waals surface area contributed by atoms with E-state index < -0.39 is 0 Å². The molecular formula is C34H58N2. The van der Waals surface area contributed by atoms with Gasteiger partial charge in [-0.15, -0.1) is 0 Å². The monoisotopic (exact) mass is 494 g/mol. The minimum absolute atomic E-state index is 1.10. The highest BCUT2D eigenvalue weighted by molar-refractivity contribution is 5.15. The molecule has 1 heterocycles. The van der Waals surface area contributed by atoms with Crippen LogP contribution in [0.4, 0.5) is 0 Å². The van der Waals surface area contributed by atoms with E-state index in [1.165, 1.54) is 139 Å². The van der Waals surface area contributed by atoms with Crippen LogP contribution in [0.5, 0.6) is 0 Å². The third-order valence-corrected chi connectivity index (χ3v) is 7.66. The van der Waals surface area contributed by atoms with Gasteiger partial charge >= 0.3 is 0 Å². The van der Waals surface area contributed by atoms with Gasteiger partial charge in [0.05, 0.1) is 5.69 Å². The van der Waals surface area contributed by atoms with E-state index in [-0.39, 0.29) is 0 Å². The molecule has 204 valence electrons. The summed E-state index contributed by atoms with van der Waals surface area (Å²) < 4.78 is 2.52. The Morgan fingerprint density at radius 3 is 1.64 bits per heavy atom. The van der Waals surface area contributed by atoms with Gasteiger partial charge in [-0.25, -0.2) is 4.98 Å². The zero-order valence-corrected chi connectivity index (χ0v) is 24.1. The molecule has 0 fully saturated rings. The van der Waals surface area contributed by atoms with Gasteiger partial charge in [-0.05, 0) is 37.7 Å². The van der Waals surface area contributed by atoms with Crippen LogP contribution in [0.2, 0.25) is 0 Å². The number of hydrogen-bond donors (Lipinski definition) is 0. The van der Waals surface area contributed by atoms with E-state index in [9.17, 15) is 0 Å². The third-order valence-electron chi connectivity index (χ3n) is 7.66. The van der Waals surface area contributed by atoms with Gasteiger partial charge in [-0.1, -0.05) is 147 Å². The van der Waals surface area contributed by atoms with Gasteiger partial charge in [-0.3, -0.25) is 0 Å². The standard InChI is InChI=1S/C34H58N2/c1-3-5-7-9-11-13-15-17-22-29-34-35-33(28-24-27-32-25-20-19-21-26-32)31-36(34)30-23-18-16-14-12-10-8-6-4-2/h19-21,25-26,31H,3-18,22-24,27-30H2,1-2H3. The molecular weight excluding hydrogens is 436 g/mol. The van der Waals surface area contributed by atoms with Gasteiger partial charge in [0.25, 0.3) is 0 Å². The number of aromatic nitrogens is 2. The summed E-state index contributed by atoms with van der Waals surface area (Å²) in [6.45, 7) is 5.76. The Labute approximate surface area is 224 Å². The van der Waals surface area contributed by atoms with Crippen molar-refractivity contribution in [2.45, 2.75) is 162 Å². The lowest BCUT2D eigenvalue weighted by Gasteiger charge is -2.08. The summed E-state index contributed by atoms with van der Waals surface area (Å²) in [6, 6.07) is 10.9. The minimum atomic E-state index is 1.10. The van der Waals surface area contributed by atoms with Crippen molar-refractivity contribution in [3.05, 3.63) is 53.6 Å². The predicted octanol–water partition coefficient (Wildman–Crippen LogP) is 10.7. The highest BCUT2D eigenvalue weighted by atomic mass is 15.1. The van der Waals surface area contributed by atoms with Crippen molar-refractivity contribution in [1.29, 1.82) is 0 Å². The average molecular weight is 495 g/mol. The Morgan fingerprint density at radius 1 is 0.528 bits per heavy atom. The second kappa shape index (κ2) is 21.5. The lowest BCUT2D eigenvalue weighted by molar-refractivity contribution is 0.523. The van der Waals surface area contributed by atoms with Gasteiger partial charge < -0.3 is 4.57 Å². The smallest absolute Gasteiger partial charge is 0.108 e. The fraction of sp³-hybridized carbons (Fsp3) is 0.735. The largest absolute Gasteiger partial charge is 0.335 e. The van der Waals surface area contributed by atoms with Crippen LogP contribution in [0.25, 0.3) is 0 Å². The average Bonchev–Trinajstić information content (AvgIpc) is 3.28. The molecule has 2 nitrogen and oxygen atoms in total. The molecule has 1 aromatic carbocycles. The van der Waals surface area contributed by atoms with E-state index in [0.717, 1.165) is 25.8 Å². The Balaban J connectivity index is 1.71. The predicted molar refractivity (Wildman–Crippen MR) is 159 cm³/mol. The first kappa shape index (κ1) is 30.7. The summed E-state index contributed by atoms with van der Waals surface area (Å²) in [7, 11) is 0. The summed E-state index contributed by atoms with van der Waals surface area (Å²) in [5.41, 5.74) is 2.76. The summed E-state index contributed by atoms with van der Waals surface area (Å²) >= 11 is 0. The third kappa shape index (κ3) is 14.9. The van der Waals surface area contributed by atoms with Gasteiger partial charge in [0, 0.05) is 19.2 Å². The van der Waals surface area contributed by atoms with Gasteiger partial charge in [0.2, 0.25) is 0 Å². The Kier molecular flexibility index (Phi) is 18.3. The maximum atomic E-state index is 5.13. The van der Waals surface area contributed by atoms with Crippen molar-refractivity contribution in [3.63, 3.8) is 0 Å². The molecule has 0 unspecified atom stereocenters. The Morgan fingerprint density at radius 2 is 1.06 bits per heavy atom.